The van der Waals surface area contributed by atoms with Gasteiger partial charge in [-0.25, -0.2) is 14.4 Å². The van der Waals surface area contributed by atoms with Crippen LogP contribution in [0.3, 0.4) is 0 Å². The van der Waals surface area contributed by atoms with Crippen LogP contribution < -0.4 is 5.32 Å². The highest BCUT2D eigenvalue weighted by molar-refractivity contribution is 7.11. The molecule has 1 aromatic carbocycles. The number of halogens is 1. The van der Waals surface area contributed by atoms with Gasteiger partial charge in [0.25, 0.3) is 0 Å². The average Bonchev–Trinajstić information content (AvgIpc) is 2.97. The van der Waals surface area contributed by atoms with Crippen molar-refractivity contribution in [2.75, 3.05) is 5.32 Å². The Morgan fingerprint density at radius 3 is 2.91 bits per heavy atom. The Balaban J connectivity index is 1.98. The largest absolute Gasteiger partial charge is 0.375 e. The predicted molar refractivity (Wildman–Crippen MR) is 90.0 cm³/mol. The molecule has 5 heteroatoms. The van der Waals surface area contributed by atoms with E-state index in [4.69, 9.17) is 0 Å². The Bertz CT molecular complexity index is 813. The van der Waals surface area contributed by atoms with Gasteiger partial charge in [-0.15, -0.1) is 11.3 Å². The van der Waals surface area contributed by atoms with Crippen LogP contribution in [0, 0.1) is 12.7 Å². The van der Waals surface area contributed by atoms with Crippen molar-refractivity contribution >= 4 is 27.9 Å². The standard InChI is InChI=1S/C17H18FN3S/c1-4-12-9-19-17(22-12)11(3)21-15-8-10(2)20-16-13(15)6-5-7-14(16)18/h5-9,11H,4H2,1-3H3,(H,20,21). The van der Waals surface area contributed by atoms with E-state index in [9.17, 15) is 4.39 Å². The van der Waals surface area contributed by atoms with Crippen molar-refractivity contribution in [2.45, 2.75) is 33.2 Å². The number of rotatable bonds is 4. The number of anilines is 1. The summed E-state index contributed by atoms with van der Waals surface area (Å²) in [5, 5.41) is 5.28. The molecule has 0 saturated heterocycles. The molecule has 1 atom stereocenters. The lowest BCUT2D eigenvalue weighted by Gasteiger charge is -2.15. The molecule has 0 saturated carbocycles. The van der Waals surface area contributed by atoms with Gasteiger partial charge in [-0.1, -0.05) is 19.1 Å². The van der Waals surface area contributed by atoms with Crippen molar-refractivity contribution in [1.82, 2.24) is 9.97 Å². The molecule has 0 amide bonds. The number of para-hydroxylation sites is 1. The quantitative estimate of drug-likeness (QED) is 0.746. The van der Waals surface area contributed by atoms with Crippen LogP contribution in [0.5, 0.6) is 0 Å². The molecular formula is C17H18FN3S. The molecule has 114 valence electrons. The predicted octanol–water partition coefficient (Wildman–Crippen LogP) is 4.87. The third-order valence-electron chi connectivity index (χ3n) is 3.58. The van der Waals surface area contributed by atoms with Crippen molar-refractivity contribution in [3.63, 3.8) is 0 Å². The van der Waals surface area contributed by atoms with E-state index in [2.05, 4.69) is 29.1 Å². The number of nitrogens with zero attached hydrogens (tertiary/aromatic N) is 2. The number of pyridine rings is 1. The highest BCUT2D eigenvalue weighted by Crippen LogP contribution is 2.29. The number of hydrogen-bond acceptors (Lipinski definition) is 4. The van der Waals surface area contributed by atoms with E-state index < -0.39 is 0 Å². The van der Waals surface area contributed by atoms with Gasteiger partial charge in [-0.2, -0.15) is 0 Å². The van der Waals surface area contributed by atoms with Crippen LogP contribution >= 0.6 is 11.3 Å². The zero-order valence-electron chi connectivity index (χ0n) is 12.9. The third kappa shape index (κ3) is 2.81. The molecule has 0 spiro atoms. The molecule has 0 aliphatic heterocycles. The molecule has 0 bridgehead atoms. The number of hydrogen-bond donors (Lipinski definition) is 1. The fourth-order valence-corrected chi connectivity index (χ4v) is 3.30. The monoisotopic (exact) mass is 315 g/mol. The van der Waals surface area contributed by atoms with Crippen LogP contribution in [0.2, 0.25) is 0 Å². The molecule has 0 aliphatic carbocycles. The molecule has 3 aromatic rings. The topological polar surface area (TPSA) is 37.8 Å². The van der Waals surface area contributed by atoms with Gasteiger partial charge in [0.05, 0.1) is 6.04 Å². The molecule has 22 heavy (non-hydrogen) atoms. The number of aryl methyl sites for hydroxylation is 2. The summed E-state index contributed by atoms with van der Waals surface area (Å²) in [5.74, 6) is -0.292. The van der Waals surface area contributed by atoms with Crippen molar-refractivity contribution in [1.29, 1.82) is 0 Å². The first-order valence-corrected chi connectivity index (χ1v) is 8.17. The van der Waals surface area contributed by atoms with Crippen molar-refractivity contribution in [3.8, 4) is 0 Å². The maximum atomic E-state index is 14.0. The number of thiazole rings is 1. The van der Waals surface area contributed by atoms with E-state index in [0.29, 0.717) is 5.52 Å². The zero-order valence-corrected chi connectivity index (χ0v) is 13.7. The molecule has 3 nitrogen and oxygen atoms in total. The Kier molecular flexibility index (Phi) is 4.07. The Labute approximate surface area is 133 Å². The summed E-state index contributed by atoms with van der Waals surface area (Å²) in [6.07, 6.45) is 2.92. The second-order valence-electron chi connectivity index (χ2n) is 5.33. The lowest BCUT2D eigenvalue weighted by atomic mass is 10.1. The Hall–Kier alpha value is -2.01. The lowest BCUT2D eigenvalue weighted by molar-refractivity contribution is 0.636. The minimum atomic E-state index is -0.292. The van der Waals surface area contributed by atoms with Crippen molar-refractivity contribution in [3.05, 3.63) is 51.9 Å². The van der Waals surface area contributed by atoms with Gasteiger partial charge in [-0.3, -0.25) is 0 Å². The van der Waals surface area contributed by atoms with Crippen LogP contribution in [0.25, 0.3) is 10.9 Å². The molecule has 0 radical (unpaired) electrons. The molecule has 3 rings (SSSR count). The van der Waals surface area contributed by atoms with Crippen LogP contribution in [0.4, 0.5) is 10.1 Å². The summed E-state index contributed by atoms with van der Waals surface area (Å²) in [7, 11) is 0. The molecular weight excluding hydrogens is 297 g/mol. The number of fused-ring (bicyclic) bond motifs is 1. The number of nitrogens with one attached hydrogen (secondary N) is 1. The van der Waals surface area contributed by atoms with Gasteiger partial charge in [0.15, 0.2) is 0 Å². The van der Waals surface area contributed by atoms with Crippen LogP contribution in [-0.2, 0) is 6.42 Å². The maximum Gasteiger partial charge on any atom is 0.149 e. The van der Waals surface area contributed by atoms with Crippen molar-refractivity contribution in [2.24, 2.45) is 0 Å². The van der Waals surface area contributed by atoms with Crippen LogP contribution in [0.1, 0.15) is 35.5 Å². The van der Waals surface area contributed by atoms with E-state index in [-0.39, 0.29) is 11.9 Å². The summed E-state index contributed by atoms with van der Waals surface area (Å²) in [5.41, 5.74) is 2.09. The maximum absolute atomic E-state index is 14.0. The van der Waals surface area contributed by atoms with Gasteiger partial charge in [0.1, 0.15) is 16.3 Å². The van der Waals surface area contributed by atoms with Crippen LogP contribution in [-0.4, -0.2) is 9.97 Å². The summed E-state index contributed by atoms with van der Waals surface area (Å²) in [6.45, 7) is 6.07. The fraction of sp³-hybridized carbons (Fsp3) is 0.294. The fourth-order valence-electron chi connectivity index (χ4n) is 2.44. The smallest absolute Gasteiger partial charge is 0.149 e. The SMILES string of the molecule is CCc1cnc(C(C)Nc2cc(C)nc3c(F)cccc23)s1. The first-order chi connectivity index (χ1) is 10.6. The summed E-state index contributed by atoms with van der Waals surface area (Å²) in [6, 6.07) is 7.06. The lowest BCUT2D eigenvalue weighted by Crippen LogP contribution is -2.07. The first kappa shape index (κ1) is 14.9. The summed E-state index contributed by atoms with van der Waals surface area (Å²) < 4.78 is 14.0. The third-order valence-corrected chi connectivity index (χ3v) is 4.91. The van der Waals surface area contributed by atoms with E-state index in [1.807, 2.05) is 25.3 Å². The minimum absolute atomic E-state index is 0.0681. The summed E-state index contributed by atoms with van der Waals surface area (Å²) >= 11 is 1.71. The van der Waals surface area contributed by atoms with Gasteiger partial charge in [0, 0.05) is 27.8 Å². The van der Waals surface area contributed by atoms with E-state index in [1.165, 1.54) is 10.9 Å². The van der Waals surface area contributed by atoms with Gasteiger partial charge in [0.2, 0.25) is 0 Å². The highest BCUT2D eigenvalue weighted by Gasteiger charge is 2.13. The van der Waals surface area contributed by atoms with Gasteiger partial charge < -0.3 is 5.32 Å². The molecule has 1 N–H and O–H groups in total. The van der Waals surface area contributed by atoms with Gasteiger partial charge in [-0.05, 0) is 32.4 Å². The normalized spacial score (nSPS) is 12.5. The highest BCUT2D eigenvalue weighted by atomic mass is 32.1. The zero-order chi connectivity index (χ0) is 15.7. The molecule has 2 aromatic heterocycles. The van der Waals surface area contributed by atoms with Gasteiger partial charge >= 0.3 is 0 Å². The van der Waals surface area contributed by atoms with Crippen LogP contribution in [0.15, 0.2) is 30.5 Å². The second-order valence-corrected chi connectivity index (χ2v) is 6.48. The minimum Gasteiger partial charge on any atom is -0.375 e. The molecule has 1 unspecified atom stereocenters. The van der Waals surface area contributed by atoms with E-state index in [0.717, 1.165) is 28.2 Å². The molecule has 0 fully saturated rings. The first-order valence-electron chi connectivity index (χ1n) is 7.35. The Morgan fingerprint density at radius 1 is 1.36 bits per heavy atom. The molecule has 0 aliphatic rings. The van der Waals surface area contributed by atoms with E-state index >= 15 is 0 Å². The number of benzene rings is 1. The molecule has 2 heterocycles. The van der Waals surface area contributed by atoms with Crippen molar-refractivity contribution < 1.29 is 4.39 Å². The van der Waals surface area contributed by atoms with E-state index in [1.54, 1.807) is 17.4 Å². The number of aromatic nitrogens is 2. The average molecular weight is 315 g/mol. The summed E-state index contributed by atoms with van der Waals surface area (Å²) in [4.78, 5) is 10.0. The Morgan fingerprint density at radius 2 is 2.18 bits per heavy atom. The second kappa shape index (κ2) is 6.01.